The van der Waals surface area contributed by atoms with E-state index < -0.39 is 0 Å². The Balaban J connectivity index is 0.000000384. The van der Waals surface area contributed by atoms with Gasteiger partial charge in [-0.05, 0) is 49.1 Å². The lowest BCUT2D eigenvalue weighted by Gasteiger charge is -2.40. The van der Waals surface area contributed by atoms with Gasteiger partial charge in [0, 0.05) is 29.1 Å². The van der Waals surface area contributed by atoms with Crippen molar-refractivity contribution in [3.05, 3.63) is 82.9 Å². The Kier molecular flexibility index (Phi) is 12.0. The normalized spacial score (nSPS) is 19.4. The van der Waals surface area contributed by atoms with Gasteiger partial charge in [-0.15, -0.1) is 6.58 Å². The van der Waals surface area contributed by atoms with Crippen LogP contribution in [-0.4, -0.2) is 48.0 Å². The van der Waals surface area contributed by atoms with Crippen LogP contribution in [0, 0.1) is 5.92 Å². The number of cyclic esters (lactones) is 1. The first-order chi connectivity index (χ1) is 16.5. The molecular formula is C27H34Cl2N2O3. The number of carbonyl (C=O) groups is 2. The molecule has 2 aliphatic heterocycles. The molecule has 2 aromatic rings. The molecule has 2 atom stereocenters. The summed E-state index contributed by atoms with van der Waals surface area (Å²) in [5.74, 6) is 0.116. The number of allylic oxidation sites excluding steroid dienone is 1. The third-order valence-electron chi connectivity index (χ3n) is 5.69. The third kappa shape index (κ3) is 8.07. The molecule has 0 saturated carbocycles. The lowest BCUT2D eigenvalue weighted by atomic mass is 9.86. The van der Waals surface area contributed by atoms with Crippen molar-refractivity contribution in [3.8, 4) is 0 Å². The molecule has 0 N–H and O–H groups in total. The summed E-state index contributed by atoms with van der Waals surface area (Å²) in [5, 5.41) is 1.48. The highest BCUT2D eigenvalue weighted by Gasteiger charge is 2.36. The number of hydrogen-bond donors (Lipinski definition) is 0. The van der Waals surface area contributed by atoms with Crippen LogP contribution in [0.25, 0.3) is 0 Å². The first kappa shape index (κ1) is 27.7. The van der Waals surface area contributed by atoms with Gasteiger partial charge in [0.2, 0.25) is 5.91 Å². The largest absolute Gasteiger partial charge is 0.448 e. The van der Waals surface area contributed by atoms with Gasteiger partial charge >= 0.3 is 6.09 Å². The Hall–Kier alpha value is -2.50. The molecule has 5 nitrogen and oxygen atoms in total. The van der Waals surface area contributed by atoms with Crippen LogP contribution in [0.1, 0.15) is 44.7 Å². The number of likely N-dealkylation sites (tertiary alicyclic amines) is 1. The van der Waals surface area contributed by atoms with E-state index in [0.717, 1.165) is 23.4 Å². The summed E-state index contributed by atoms with van der Waals surface area (Å²) < 4.78 is 4.97. The summed E-state index contributed by atoms with van der Waals surface area (Å²) in [5.41, 5.74) is 1.08. The minimum atomic E-state index is -0.296. The van der Waals surface area contributed by atoms with E-state index in [4.69, 9.17) is 27.9 Å². The van der Waals surface area contributed by atoms with Gasteiger partial charge in [-0.25, -0.2) is 4.79 Å². The number of rotatable bonds is 6. The lowest BCUT2D eigenvalue weighted by molar-refractivity contribution is -0.142. The number of hydrogen-bond acceptors (Lipinski definition) is 3. The molecule has 0 aromatic heterocycles. The van der Waals surface area contributed by atoms with Crippen LogP contribution in [0.2, 0.25) is 10.0 Å². The maximum absolute atomic E-state index is 13.0. The Bertz CT molecular complexity index is 906. The highest BCUT2D eigenvalue weighted by atomic mass is 35.5. The van der Waals surface area contributed by atoms with Gasteiger partial charge in [-0.3, -0.25) is 4.79 Å². The number of ether oxygens (including phenoxy) is 1. The molecule has 0 radical (unpaired) electrons. The number of nitrogens with zero attached hydrogens (tertiary/aromatic N) is 2. The van der Waals surface area contributed by atoms with Crippen molar-refractivity contribution in [1.82, 2.24) is 9.80 Å². The van der Waals surface area contributed by atoms with Gasteiger partial charge in [0.15, 0.2) is 0 Å². The summed E-state index contributed by atoms with van der Waals surface area (Å²) in [6, 6.07) is 17.1. The molecule has 184 valence electrons. The molecule has 34 heavy (non-hydrogen) atoms. The summed E-state index contributed by atoms with van der Waals surface area (Å²) in [4.78, 5) is 28.2. The van der Waals surface area contributed by atoms with E-state index in [1.165, 1.54) is 0 Å². The molecule has 0 bridgehead atoms. The van der Waals surface area contributed by atoms with Gasteiger partial charge in [-0.2, -0.15) is 0 Å². The Morgan fingerprint density at radius 3 is 2.15 bits per heavy atom. The summed E-state index contributed by atoms with van der Waals surface area (Å²) in [6.45, 7) is 9.78. The Labute approximate surface area is 213 Å². The van der Waals surface area contributed by atoms with Crippen LogP contribution in [-0.2, 0) is 9.53 Å². The minimum absolute atomic E-state index is 0.0180. The zero-order chi connectivity index (χ0) is 24.9. The van der Waals surface area contributed by atoms with E-state index >= 15 is 0 Å². The SMILES string of the molecule is C=CCC1CCC(c2ccc(Cl)cc2)N(CCN2CCOC2=O)C1=O.CC.Clc1ccccc1. The van der Waals surface area contributed by atoms with E-state index in [0.29, 0.717) is 37.7 Å². The quantitative estimate of drug-likeness (QED) is 0.397. The maximum Gasteiger partial charge on any atom is 0.409 e. The van der Waals surface area contributed by atoms with Crippen LogP contribution in [0.15, 0.2) is 67.3 Å². The zero-order valence-corrected chi connectivity index (χ0v) is 21.5. The molecule has 2 aromatic carbocycles. The molecule has 2 heterocycles. The van der Waals surface area contributed by atoms with Gasteiger partial charge in [-0.1, -0.05) is 73.5 Å². The summed E-state index contributed by atoms with van der Waals surface area (Å²) in [6.07, 6.45) is 3.95. The smallest absolute Gasteiger partial charge is 0.409 e. The second kappa shape index (κ2) is 14.7. The van der Waals surface area contributed by atoms with Gasteiger partial charge in [0.1, 0.15) is 6.61 Å². The molecular weight excluding hydrogens is 471 g/mol. The molecule has 2 fully saturated rings. The number of benzene rings is 2. The van der Waals surface area contributed by atoms with Gasteiger partial charge < -0.3 is 14.5 Å². The van der Waals surface area contributed by atoms with E-state index in [-0.39, 0.29) is 24.0 Å². The zero-order valence-electron chi connectivity index (χ0n) is 20.0. The van der Waals surface area contributed by atoms with Crippen molar-refractivity contribution in [2.24, 2.45) is 5.92 Å². The van der Waals surface area contributed by atoms with E-state index in [2.05, 4.69) is 6.58 Å². The first-order valence-corrected chi connectivity index (χ1v) is 12.5. The fraction of sp³-hybridized carbons (Fsp3) is 0.407. The van der Waals surface area contributed by atoms with E-state index in [9.17, 15) is 9.59 Å². The van der Waals surface area contributed by atoms with E-state index in [1.54, 1.807) is 11.0 Å². The number of carbonyl (C=O) groups excluding carboxylic acids is 2. The highest BCUT2D eigenvalue weighted by Crippen LogP contribution is 2.36. The Morgan fingerprint density at radius 2 is 1.62 bits per heavy atom. The van der Waals surface area contributed by atoms with Gasteiger partial charge in [0.05, 0.1) is 12.6 Å². The van der Waals surface area contributed by atoms with Crippen LogP contribution in [0.3, 0.4) is 0 Å². The Morgan fingerprint density at radius 1 is 0.971 bits per heavy atom. The van der Waals surface area contributed by atoms with Crippen molar-refractivity contribution in [1.29, 1.82) is 0 Å². The number of piperidine rings is 1. The van der Waals surface area contributed by atoms with Crippen molar-refractivity contribution in [2.75, 3.05) is 26.2 Å². The second-order valence-electron chi connectivity index (χ2n) is 7.79. The lowest BCUT2D eigenvalue weighted by Crippen LogP contribution is -2.46. The maximum atomic E-state index is 13.0. The van der Waals surface area contributed by atoms with Crippen LogP contribution in [0.4, 0.5) is 4.79 Å². The van der Waals surface area contributed by atoms with E-state index in [1.807, 2.05) is 73.3 Å². The van der Waals surface area contributed by atoms with Crippen LogP contribution < -0.4 is 0 Å². The molecule has 2 saturated heterocycles. The molecule has 0 spiro atoms. The third-order valence-corrected chi connectivity index (χ3v) is 6.20. The molecule has 2 amide bonds. The fourth-order valence-electron chi connectivity index (χ4n) is 4.02. The number of amides is 2. The molecule has 7 heteroatoms. The molecule has 2 aliphatic rings. The van der Waals surface area contributed by atoms with Crippen molar-refractivity contribution in [2.45, 2.75) is 39.2 Å². The topological polar surface area (TPSA) is 49.9 Å². The number of halogens is 2. The fourth-order valence-corrected chi connectivity index (χ4v) is 4.29. The monoisotopic (exact) mass is 504 g/mol. The van der Waals surface area contributed by atoms with Gasteiger partial charge in [0.25, 0.3) is 0 Å². The predicted molar refractivity (Wildman–Crippen MR) is 139 cm³/mol. The molecule has 2 unspecified atom stereocenters. The molecule has 0 aliphatic carbocycles. The second-order valence-corrected chi connectivity index (χ2v) is 8.67. The van der Waals surface area contributed by atoms with Crippen molar-refractivity contribution < 1.29 is 14.3 Å². The highest BCUT2D eigenvalue weighted by molar-refractivity contribution is 6.30. The first-order valence-electron chi connectivity index (χ1n) is 11.8. The summed E-state index contributed by atoms with van der Waals surface area (Å²) in [7, 11) is 0. The average Bonchev–Trinajstić information content (AvgIpc) is 3.27. The standard InChI is InChI=1S/C19H23ClN2O3.C6H5Cl.C2H6/c1-2-3-15-6-9-17(14-4-7-16(20)8-5-14)22(18(15)23)11-10-21-12-13-25-19(21)24;7-6-4-2-1-3-5-6;1-2/h2,4-5,7-8,15,17H,1,3,6,9-13H2;1-5H;1-2H3. The summed E-state index contributed by atoms with van der Waals surface area (Å²) >= 11 is 11.5. The van der Waals surface area contributed by atoms with Crippen molar-refractivity contribution >= 4 is 35.2 Å². The molecule has 4 rings (SSSR count). The van der Waals surface area contributed by atoms with Crippen molar-refractivity contribution in [3.63, 3.8) is 0 Å². The minimum Gasteiger partial charge on any atom is -0.448 e. The predicted octanol–water partition coefficient (Wildman–Crippen LogP) is 7.01. The average molecular weight is 505 g/mol. The van der Waals surface area contributed by atoms with Crippen LogP contribution >= 0.6 is 23.2 Å². The van der Waals surface area contributed by atoms with Crippen LogP contribution in [0.5, 0.6) is 0 Å².